The second-order valence-corrected chi connectivity index (χ2v) is 7.16. The van der Waals surface area contributed by atoms with Crippen molar-refractivity contribution in [1.82, 2.24) is 0 Å². The highest BCUT2D eigenvalue weighted by Gasteiger charge is 2.54. The number of ether oxygens (including phenoxy) is 2. The minimum Gasteiger partial charge on any atom is -0.497 e. The number of carbonyl (C=O) groups is 1. The minimum absolute atomic E-state index is 0.0251. The van der Waals surface area contributed by atoms with Gasteiger partial charge >= 0.3 is 13.1 Å². The van der Waals surface area contributed by atoms with E-state index < -0.39 is 30.0 Å². The number of methoxy groups -OCH3 is 1. The van der Waals surface area contributed by atoms with Gasteiger partial charge in [-0.05, 0) is 52.3 Å². The smallest absolute Gasteiger partial charge is 0.466 e. The summed E-state index contributed by atoms with van der Waals surface area (Å²) < 4.78 is 36.3. The lowest BCUT2D eigenvalue weighted by Crippen LogP contribution is -2.41. The average Bonchev–Trinajstić information content (AvgIpc) is 2.72. The summed E-state index contributed by atoms with van der Waals surface area (Å²) in [4.78, 5) is 12.1. The Morgan fingerprint density at radius 3 is 2.32 bits per heavy atom. The molecule has 1 fully saturated rings. The zero-order valence-corrected chi connectivity index (χ0v) is 15.7. The minimum atomic E-state index is -0.694. The fourth-order valence-corrected chi connectivity index (χ4v) is 2.74. The Labute approximate surface area is 148 Å². The quantitative estimate of drug-likeness (QED) is 0.579. The molecule has 1 atom stereocenters. The first kappa shape index (κ1) is 19.7. The predicted molar refractivity (Wildman–Crippen MR) is 93.0 cm³/mol. The van der Waals surface area contributed by atoms with Gasteiger partial charge in [0.1, 0.15) is 11.6 Å². The number of halogens is 1. The van der Waals surface area contributed by atoms with E-state index in [9.17, 15) is 9.18 Å². The molecule has 1 aliphatic heterocycles. The molecule has 1 unspecified atom stereocenters. The SMILES string of the molecule is CCOC(=O)CC(B1OC(C)(C)C(C)(C)O1)c1cc(F)cc(OC)c1. The summed E-state index contributed by atoms with van der Waals surface area (Å²) in [6.45, 7) is 9.75. The van der Waals surface area contributed by atoms with Gasteiger partial charge in [-0.1, -0.05) is 0 Å². The van der Waals surface area contributed by atoms with Crippen molar-refractivity contribution < 1.29 is 28.0 Å². The highest BCUT2D eigenvalue weighted by atomic mass is 19.1. The van der Waals surface area contributed by atoms with Crippen LogP contribution in [0, 0.1) is 5.82 Å². The monoisotopic (exact) mass is 352 g/mol. The molecule has 1 heterocycles. The molecule has 1 aromatic rings. The van der Waals surface area contributed by atoms with E-state index in [1.165, 1.54) is 19.2 Å². The first-order valence-electron chi connectivity index (χ1n) is 8.45. The maximum Gasteiger partial charge on any atom is 0.466 e. The molecular formula is C18H26BFO5. The molecule has 1 saturated heterocycles. The van der Waals surface area contributed by atoms with Gasteiger partial charge in [-0.3, -0.25) is 4.79 Å². The van der Waals surface area contributed by atoms with Gasteiger partial charge in [-0.25, -0.2) is 4.39 Å². The van der Waals surface area contributed by atoms with Gasteiger partial charge in [0.05, 0.1) is 31.3 Å². The van der Waals surface area contributed by atoms with Crippen LogP contribution >= 0.6 is 0 Å². The first-order valence-corrected chi connectivity index (χ1v) is 8.45. The van der Waals surface area contributed by atoms with Gasteiger partial charge in [-0.2, -0.15) is 0 Å². The van der Waals surface area contributed by atoms with E-state index in [4.69, 9.17) is 18.8 Å². The van der Waals surface area contributed by atoms with Crippen LogP contribution in [0.3, 0.4) is 0 Å². The van der Waals surface area contributed by atoms with Crippen LogP contribution in [0.2, 0.25) is 0 Å². The summed E-state index contributed by atoms with van der Waals surface area (Å²) in [5.41, 5.74) is -0.535. The Balaban J connectivity index is 2.37. The van der Waals surface area contributed by atoms with Gasteiger partial charge in [0.25, 0.3) is 0 Å². The summed E-state index contributed by atoms with van der Waals surface area (Å²) >= 11 is 0. The Kier molecular flexibility index (Phi) is 5.79. The average molecular weight is 352 g/mol. The van der Waals surface area contributed by atoms with Crippen LogP contribution in [0.5, 0.6) is 5.75 Å². The summed E-state index contributed by atoms with van der Waals surface area (Å²) in [6.07, 6.45) is 0.0251. The van der Waals surface area contributed by atoms with Crippen molar-refractivity contribution in [3.63, 3.8) is 0 Å². The predicted octanol–water partition coefficient (Wildman–Crippen LogP) is 3.50. The molecule has 0 radical (unpaired) electrons. The van der Waals surface area contributed by atoms with Crippen molar-refractivity contribution in [2.24, 2.45) is 0 Å². The second kappa shape index (κ2) is 7.34. The molecule has 7 heteroatoms. The van der Waals surface area contributed by atoms with Gasteiger partial charge in [0.15, 0.2) is 0 Å². The number of benzene rings is 1. The Morgan fingerprint density at radius 2 is 1.80 bits per heavy atom. The molecule has 25 heavy (non-hydrogen) atoms. The summed E-state index contributed by atoms with van der Waals surface area (Å²) in [5.74, 6) is -0.963. The molecular weight excluding hydrogens is 326 g/mol. The standard InChI is InChI=1S/C18H26BFO5/c1-7-23-16(21)11-15(12-8-13(20)10-14(9-12)22-6)19-24-17(2,3)18(4,5)25-19/h8-10,15H,7,11H2,1-6H3. The number of rotatable bonds is 6. The van der Waals surface area contributed by atoms with Crippen molar-refractivity contribution in [1.29, 1.82) is 0 Å². The first-order chi connectivity index (χ1) is 11.6. The molecule has 5 nitrogen and oxygen atoms in total. The van der Waals surface area contributed by atoms with Gasteiger partial charge in [0.2, 0.25) is 0 Å². The molecule has 0 aromatic heterocycles. The second-order valence-electron chi connectivity index (χ2n) is 7.16. The zero-order chi connectivity index (χ0) is 18.8. The summed E-state index contributed by atoms with van der Waals surface area (Å²) in [5, 5.41) is 0. The zero-order valence-electron chi connectivity index (χ0n) is 15.7. The Bertz CT molecular complexity index is 616. The lowest BCUT2D eigenvalue weighted by Gasteiger charge is -2.32. The molecule has 0 amide bonds. The van der Waals surface area contributed by atoms with Crippen LogP contribution in [0.25, 0.3) is 0 Å². The number of hydrogen-bond donors (Lipinski definition) is 0. The van der Waals surface area contributed by atoms with Gasteiger partial charge in [-0.15, -0.1) is 0 Å². The normalized spacial score (nSPS) is 19.6. The molecule has 0 spiro atoms. The van der Waals surface area contributed by atoms with Crippen molar-refractivity contribution in [3.8, 4) is 5.75 Å². The van der Waals surface area contributed by atoms with E-state index >= 15 is 0 Å². The number of hydrogen-bond acceptors (Lipinski definition) is 5. The molecule has 138 valence electrons. The largest absolute Gasteiger partial charge is 0.497 e. The van der Waals surface area contributed by atoms with Crippen LogP contribution in [0.4, 0.5) is 4.39 Å². The Hall–Kier alpha value is -1.60. The van der Waals surface area contributed by atoms with Crippen LogP contribution in [-0.2, 0) is 18.8 Å². The number of carbonyl (C=O) groups excluding carboxylic acids is 1. The van der Waals surface area contributed by atoms with E-state index in [1.54, 1.807) is 13.0 Å². The highest BCUT2D eigenvalue weighted by Crippen LogP contribution is 2.42. The third-order valence-corrected chi connectivity index (χ3v) is 4.85. The third-order valence-electron chi connectivity index (χ3n) is 4.85. The summed E-state index contributed by atoms with van der Waals surface area (Å²) in [7, 11) is 0.772. The molecule has 0 aliphatic carbocycles. The van der Waals surface area contributed by atoms with Crippen LogP contribution in [-0.4, -0.2) is 38.0 Å². The molecule has 1 aromatic carbocycles. The molecule has 0 N–H and O–H groups in total. The number of esters is 1. The van der Waals surface area contributed by atoms with Crippen molar-refractivity contribution in [2.75, 3.05) is 13.7 Å². The van der Waals surface area contributed by atoms with Crippen molar-refractivity contribution in [3.05, 3.63) is 29.6 Å². The van der Waals surface area contributed by atoms with Crippen LogP contribution < -0.4 is 4.74 Å². The van der Waals surface area contributed by atoms with Crippen molar-refractivity contribution in [2.45, 2.75) is 58.1 Å². The maximum absolute atomic E-state index is 14.0. The molecule has 2 rings (SSSR count). The summed E-state index contributed by atoms with van der Waals surface area (Å²) in [6, 6.07) is 4.35. The molecule has 0 saturated carbocycles. The lowest BCUT2D eigenvalue weighted by atomic mass is 9.66. The lowest BCUT2D eigenvalue weighted by molar-refractivity contribution is -0.143. The van der Waals surface area contributed by atoms with E-state index in [2.05, 4.69) is 0 Å². The van der Waals surface area contributed by atoms with E-state index in [0.717, 1.165) is 0 Å². The fraction of sp³-hybridized carbons (Fsp3) is 0.611. The van der Waals surface area contributed by atoms with Gasteiger partial charge in [0, 0.05) is 11.9 Å². The van der Waals surface area contributed by atoms with E-state index in [0.29, 0.717) is 11.3 Å². The van der Waals surface area contributed by atoms with E-state index in [1.807, 2.05) is 27.7 Å². The van der Waals surface area contributed by atoms with Crippen molar-refractivity contribution >= 4 is 13.1 Å². The topological polar surface area (TPSA) is 54.0 Å². The van der Waals surface area contributed by atoms with E-state index in [-0.39, 0.29) is 19.0 Å². The maximum atomic E-state index is 14.0. The third kappa shape index (κ3) is 4.33. The van der Waals surface area contributed by atoms with Gasteiger partial charge < -0.3 is 18.8 Å². The molecule has 1 aliphatic rings. The fourth-order valence-electron chi connectivity index (χ4n) is 2.74. The van der Waals surface area contributed by atoms with Crippen LogP contribution in [0.15, 0.2) is 18.2 Å². The highest BCUT2D eigenvalue weighted by molar-refractivity contribution is 6.48. The molecule has 0 bridgehead atoms. The van der Waals surface area contributed by atoms with Crippen LogP contribution in [0.1, 0.15) is 52.4 Å². The Morgan fingerprint density at radius 1 is 1.20 bits per heavy atom.